The zero-order chi connectivity index (χ0) is 20.6. The van der Waals surface area contributed by atoms with E-state index in [1.807, 2.05) is 0 Å². The Hall–Kier alpha value is -3.01. The van der Waals surface area contributed by atoms with Gasteiger partial charge >= 0.3 is 12.1 Å². The molecule has 0 aliphatic rings. The van der Waals surface area contributed by atoms with E-state index in [1.54, 1.807) is 0 Å². The number of benzene rings is 2. The predicted octanol–water partition coefficient (Wildman–Crippen LogP) is 4.96. The summed E-state index contributed by atoms with van der Waals surface area (Å²) in [5.74, 6) is -4.29. The third-order valence-corrected chi connectivity index (χ3v) is 4.00. The van der Waals surface area contributed by atoms with Gasteiger partial charge in [-0.2, -0.15) is 18.2 Å². The lowest BCUT2D eigenvalue weighted by molar-refractivity contribution is -0.159. The van der Waals surface area contributed by atoms with Gasteiger partial charge in [0.25, 0.3) is 5.91 Å². The number of hydrogen-bond acceptors (Lipinski definition) is 4. The fourth-order valence-electron chi connectivity index (χ4n) is 2.29. The highest BCUT2D eigenvalue weighted by Crippen LogP contribution is 2.30. The van der Waals surface area contributed by atoms with Crippen molar-refractivity contribution in [2.75, 3.05) is 11.9 Å². The van der Waals surface area contributed by atoms with Crippen LogP contribution in [-0.4, -0.2) is 23.1 Å². The number of carbonyl (C=O) groups excluding carboxylic acids is 1. The van der Waals surface area contributed by atoms with E-state index in [2.05, 4.69) is 14.7 Å². The summed E-state index contributed by atoms with van der Waals surface area (Å²) in [7, 11) is 1.23. The van der Waals surface area contributed by atoms with Crippen LogP contribution in [0.4, 0.5) is 27.6 Å². The topological polar surface area (TPSA) is 59.2 Å². The van der Waals surface area contributed by atoms with E-state index in [9.17, 15) is 26.7 Å². The van der Waals surface area contributed by atoms with Crippen LogP contribution in [0.3, 0.4) is 0 Å². The zero-order valence-corrected chi connectivity index (χ0v) is 14.6. The first-order valence-electron chi connectivity index (χ1n) is 7.52. The molecule has 5 nitrogen and oxygen atoms in total. The van der Waals surface area contributed by atoms with Crippen LogP contribution < -0.4 is 4.90 Å². The number of alkyl halides is 3. The van der Waals surface area contributed by atoms with Gasteiger partial charge in [-0.25, -0.2) is 8.78 Å². The Labute approximate surface area is 159 Å². The third-order valence-electron chi connectivity index (χ3n) is 3.71. The fourth-order valence-corrected chi connectivity index (χ4v) is 2.44. The second-order valence-corrected chi connectivity index (χ2v) is 5.99. The molecule has 146 valence electrons. The molecule has 0 saturated carbocycles. The molecule has 28 heavy (non-hydrogen) atoms. The van der Waals surface area contributed by atoms with Gasteiger partial charge in [0.2, 0.25) is 5.82 Å². The molecule has 0 unspecified atom stereocenters. The Bertz CT molecular complexity index is 1030. The molecule has 1 heterocycles. The van der Waals surface area contributed by atoms with Crippen LogP contribution in [0.1, 0.15) is 16.2 Å². The summed E-state index contributed by atoms with van der Waals surface area (Å²) in [5.41, 5.74) is -0.0910. The molecular formula is C17H9ClF5N3O2. The summed E-state index contributed by atoms with van der Waals surface area (Å²) < 4.78 is 69.2. The van der Waals surface area contributed by atoms with Crippen molar-refractivity contribution in [3.8, 4) is 11.4 Å². The highest BCUT2D eigenvalue weighted by molar-refractivity contribution is 6.30. The van der Waals surface area contributed by atoms with Crippen LogP contribution in [0.5, 0.6) is 0 Å². The fraction of sp³-hybridized carbons (Fsp3) is 0.118. The van der Waals surface area contributed by atoms with Gasteiger partial charge < -0.3 is 9.42 Å². The normalized spacial score (nSPS) is 11.5. The van der Waals surface area contributed by atoms with Crippen LogP contribution in [0.15, 0.2) is 40.9 Å². The summed E-state index contributed by atoms with van der Waals surface area (Å²) in [5, 5.41) is 2.81. The number of hydrogen-bond donors (Lipinski definition) is 0. The summed E-state index contributed by atoms with van der Waals surface area (Å²) in [4.78, 5) is 16.6. The van der Waals surface area contributed by atoms with Crippen LogP contribution in [-0.2, 0) is 6.18 Å². The van der Waals surface area contributed by atoms with Crippen LogP contribution >= 0.6 is 11.6 Å². The Morgan fingerprint density at radius 1 is 1.11 bits per heavy atom. The number of aromatic nitrogens is 2. The van der Waals surface area contributed by atoms with Gasteiger partial charge in [-0.05, 0) is 18.2 Å². The van der Waals surface area contributed by atoms with Crippen molar-refractivity contribution in [2.45, 2.75) is 6.18 Å². The zero-order valence-electron chi connectivity index (χ0n) is 13.9. The smallest absolute Gasteiger partial charge is 0.329 e. The van der Waals surface area contributed by atoms with E-state index in [0.29, 0.717) is 0 Å². The number of rotatable bonds is 3. The second-order valence-electron chi connectivity index (χ2n) is 5.58. The van der Waals surface area contributed by atoms with Gasteiger partial charge in [-0.1, -0.05) is 28.9 Å². The molecule has 0 atom stereocenters. The molecule has 0 bridgehead atoms. The van der Waals surface area contributed by atoms with Gasteiger partial charge in [0.1, 0.15) is 11.6 Å². The Morgan fingerprint density at radius 3 is 2.32 bits per heavy atom. The first-order valence-corrected chi connectivity index (χ1v) is 7.89. The molecule has 0 aliphatic heterocycles. The third kappa shape index (κ3) is 3.81. The molecule has 3 rings (SSSR count). The van der Waals surface area contributed by atoms with Crippen molar-refractivity contribution in [3.05, 3.63) is 64.5 Å². The molecule has 1 amide bonds. The van der Waals surface area contributed by atoms with E-state index in [4.69, 9.17) is 11.6 Å². The van der Waals surface area contributed by atoms with Gasteiger partial charge in [0.05, 0.1) is 10.7 Å². The lowest BCUT2D eigenvalue weighted by Gasteiger charge is -2.18. The molecule has 0 N–H and O–H groups in total. The quantitative estimate of drug-likeness (QED) is 0.446. The van der Waals surface area contributed by atoms with Crippen molar-refractivity contribution < 1.29 is 31.3 Å². The van der Waals surface area contributed by atoms with Crippen molar-refractivity contribution in [1.29, 1.82) is 0 Å². The number of carbonyl (C=O) groups is 1. The van der Waals surface area contributed by atoms with Gasteiger partial charge in [0.15, 0.2) is 0 Å². The first kappa shape index (κ1) is 19.7. The number of anilines is 1. The number of nitrogens with zero attached hydrogens (tertiary/aromatic N) is 3. The molecule has 1 aromatic heterocycles. The van der Waals surface area contributed by atoms with Crippen LogP contribution in [0.2, 0.25) is 5.02 Å². The summed E-state index contributed by atoms with van der Waals surface area (Å²) in [6.07, 6.45) is -4.78. The monoisotopic (exact) mass is 417 g/mol. The minimum atomic E-state index is -4.78. The minimum absolute atomic E-state index is 0.0700. The summed E-state index contributed by atoms with van der Waals surface area (Å²) in [6, 6.07) is 6.68. The van der Waals surface area contributed by atoms with E-state index in [-0.39, 0.29) is 22.6 Å². The molecule has 11 heteroatoms. The average Bonchev–Trinajstić information content (AvgIpc) is 3.14. The first-order chi connectivity index (χ1) is 13.1. The standard InChI is InChI=1S/C17H9ClF5N3O2/c1-26(13-7-11(19)10(18)6-12(13)20)15(27)9-4-2-8(3-5-9)14-24-16(28-25-14)17(21,22)23/h2-7H,1H3. The maximum absolute atomic E-state index is 14.0. The average molecular weight is 418 g/mol. The Morgan fingerprint density at radius 2 is 1.75 bits per heavy atom. The van der Waals surface area contributed by atoms with E-state index in [1.165, 1.54) is 31.3 Å². The van der Waals surface area contributed by atoms with Crippen LogP contribution in [0.25, 0.3) is 11.4 Å². The highest BCUT2D eigenvalue weighted by Gasteiger charge is 2.38. The maximum Gasteiger partial charge on any atom is 0.471 e. The molecule has 0 radical (unpaired) electrons. The van der Waals surface area contributed by atoms with Gasteiger partial charge in [-0.15, -0.1) is 0 Å². The van der Waals surface area contributed by atoms with Crippen molar-refractivity contribution in [1.82, 2.24) is 10.1 Å². The van der Waals surface area contributed by atoms with E-state index < -0.39 is 34.6 Å². The molecular weight excluding hydrogens is 409 g/mol. The molecule has 3 aromatic rings. The Balaban J connectivity index is 1.84. The lowest BCUT2D eigenvalue weighted by atomic mass is 10.1. The van der Waals surface area contributed by atoms with Crippen molar-refractivity contribution in [3.63, 3.8) is 0 Å². The summed E-state index contributed by atoms with van der Waals surface area (Å²) >= 11 is 5.48. The lowest BCUT2D eigenvalue weighted by Crippen LogP contribution is -2.27. The second kappa shape index (κ2) is 7.19. The number of amides is 1. The van der Waals surface area contributed by atoms with Crippen molar-refractivity contribution >= 4 is 23.2 Å². The highest BCUT2D eigenvalue weighted by atomic mass is 35.5. The Kier molecular flexibility index (Phi) is 5.07. The molecule has 0 saturated heterocycles. The predicted molar refractivity (Wildman–Crippen MR) is 88.8 cm³/mol. The molecule has 0 fully saturated rings. The molecule has 2 aromatic carbocycles. The maximum atomic E-state index is 14.0. The van der Waals surface area contributed by atoms with Crippen LogP contribution in [0, 0.1) is 11.6 Å². The largest absolute Gasteiger partial charge is 0.471 e. The SMILES string of the molecule is CN(C(=O)c1ccc(-c2noc(C(F)(F)F)n2)cc1)c1cc(F)c(Cl)cc1F. The minimum Gasteiger partial charge on any atom is -0.329 e. The van der Waals surface area contributed by atoms with Gasteiger partial charge in [0, 0.05) is 24.2 Å². The molecule has 0 aliphatic carbocycles. The summed E-state index contributed by atoms with van der Waals surface area (Å²) in [6.45, 7) is 0. The number of halogens is 6. The molecule has 0 spiro atoms. The van der Waals surface area contributed by atoms with E-state index in [0.717, 1.165) is 17.0 Å². The van der Waals surface area contributed by atoms with Gasteiger partial charge in [-0.3, -0.25) is 4.79 Å². The van der Waals surface area contributed by atoms with Crippen molar-refractivity contribution in [2.24, 2.45) is 0 Å². The van der Waals surface area contributed by atoms with E-state index >= 15 is 0 Å².